The molecule has 0 saturated carbocycles. The third-order valence-electron chi connectivity index (χ3n) is 6.13. The molecular formula is C21H16F3N3O4. The van der Waals surface area contributed by atoms with E-state index in [9.17, 15) is 27.9 Å². The Morgan fingerprint density at radius 2 is 1.97 bits per heavy atom. The van der Waals surface area contributed by atoms with E-state index in [4.69, 9.17) is 10.5 Å². The van der Waals surface area contributed by atoms with Crippen LogP contribution in [0.2, 0.25) is 0 Å². The normalized spacial score (nSPS) is 19.2. The van der Waals surface area contributed by atoms with Crippen molar-refractivity contribution in [3.63, 3.8) is 0 Å². The molecular weight excluding hydrogens is 415 g/mol. The molecule has 0 bridgehead atoms. The summed E-state index contributed by atoms with van der Waals surface area (Å²) >= 11 is 0. The zero-order valence-electron chi connectivity index (χ0n) is 16.3. The van der Waals surface area contributed by atoms with Gasteiger partial charge in [-0.15, -0.1) is 0 Å². The molecule has 0 spiro atoms. The number of benzene rings is 1. The van der Waals surface area contributed by atoms with Crippen LogP contribution in [0.4, 0.5) is 13.2 Å². The predicted octanol–water partition coefficient (Wildman–Crippen LogP) is 1.96. The molecule has 0 saturated heterocycles. The van der Waals surface area contributed by atoms with Gasteiger partial charge in [-0.25, -0.2) is 22.9 Å². The summed E-state index contributed by atoms with van der Waals surface area (Å²) in [5.41, 5.74) is 4.50. The van der Waals surface area contributed by atoms with Crippen LogP contribution < -0.4 is 11.3 Å². The van der Waals surface area contributed by atoms with Crippen LogP contribution in [0.25, 0.3) is 22.3 Å². The van der Waals surface area contributed by atoms with Crippen LogP contribution in [0.1, 0.15) is 35.6 Å². The lowest BCUT2D eigenvalue weighted by atomic mass is 9.86. The number of rotatable bonds is 2. The Morgan fingerprint density at radius 3 is 2.65 bits per heavy atom. The zero-order valence-corrected chi connectivity index (χ0v) is 16.3. The molecule has 0 unspecified atom stereocenters. The summed E-state index contributed by atoms with van der Waals surface area (Å²) in [5.74, 6) is -5.29. The Balaban J connectivity index is 1.86. The molecule has 3 N–H and O–H groups in total. The number of cyclic esters (lactones) is 1. The fraction of sp³-hybridized carbons (Fsp3) is 0.286. The van der Waals surface area contributed by atoms with Gasteiger partial charge in [-0.2, -0.15) is 0 Å². The van der Waals surface area contributed by atoms with Gasteiger partial charge < -0.3 is 20.1 Å². The minimum Gasteiger partial charge on any atom is -0.458 e. The van der Waals surface area contributed by atoms with Crippen LogP contribution in [-0.4, -0.2) is 20.6 Å². The van der Waals surface area contributed by atoms with Crippen molar-refractivity contribution in [2.75, 3.05) is 0 Å². The number of carbonyl (C=O) groups excluding carboxylic acids is 1. The number of pyridine rings is 2. The number of aromatic nitrogens is 2. The van der Waals surface area contributed by atoms with Crippen LogP contribution >= 0.6 is 0 Å². The highest BCUT2D eigenvalue weighted by molar-refractivity contribution is 5.89. The van der Waals surface area contributed by atoms with E-state index >= 15 is 0 Å². The molecule has 0 amide bonds. The Hall–Kier alpha value is -3.24. The fourth-order valence-electron chi connectivity index (χ4n) is 4.46. The molecule has 0 fully saturated rings. The van der Waals surface area contributed by atoms with Gasteiger partial charge >= 0.3 is 5.97 Å². The average Bonchev–Trinajstić information content (AvgIpc) is 3.12. The molecule has 1 atom stereocenters. The van der Waals surface area contributed by atoms with Gasteiger partial charge in [0.25, 0.3) is 5.56 Å². The zero-order chi connectivity index (χ0) is 22.2. The van der Waals surface area contributed by atoms with Crippen molar-refractivity contribution in [3.05, 3.63) is 62.2 Å². The first-order valence-corrected chi connectivity index (χ1v) is 9.59. The Morgan fingerprint density at radius 1 is 1.23 bits per heavy atom. The number of hydrogen-bond donors (Lipinski definition) is 2. The van der Waals surface area contributed by atoms with Crippen molar-refractivity contribution in [1.29, 1.82) is 0 Å². The number of aliphatic hydroxyl groups is 1. The van der Waals surface area contributed by atoms with Gasteiger partial charge in [-0.05, 0) is 18.1 Å². The van der Waals surface area contributed by atoms with Crippen LogP contribution in [0.3, 0.4) is 0 Å². The summed E-state index contributed by atoms with van der Waals surface area (Å²) < 4.78 is 48.6. The largest absolute Gasteiger partial charge is 0.458 e. The van der Waals surface area contributed by atoms with E-state index in [1.807, 2.05) is 0 Å². The predicted molar refractivity (Wildman–Crippen MR) is 102 cm³/mol. The minimum atomic E-state index is -2.00. The molecule has 3 aromatic rings. The van der Waals surface area contributed by atoms with E-state index in [-0.39, 0.29) is 65.1 Å². The van der Waals surface area contributed by atoms with Gasteiger partial charge in [0.1, 0.15) is 6.61 Å². The summed E-state index contributed by atoms with van der Waals surface area (Å²) in [5, 5.41) is 10.6. The van der Waals surface area contributed by atoms with Crippen molar-refractivity contribution in [1.82, 2.24) is 9.55 Å². The van der Waals surface area contributed by atoms with Gasteiger partial charge in [0.05, 0.1) is 29.0 Å². The summed E-state index contributed by atoms with van der Waals surface area (Å²) in [6.45, 7) is 1.05. The Labute approximate surface area is 172 Å². The smallest absolute Gasteiger partial charge is 0.343 e. The molecule has 0 aliphatic carbocycles. The van der Waals surface area contributed by atoms with Gasteiger partial charge in [-0.3, -0.25) is 4.79 Å². The van der Waals surface area contributed by atoms with Crippen LogP contribution in [0.15, 0.2) is 16.9 Å². The number of fused-ring (bicyclic) bond motifs is 5. The molecule has 5 rings (SSSR count). The Kier molecular flexibility index (Phi) is 4.06. The maximum atomic E-state index is 14.6. The van der Waals surface area contributed by atoms with Gasteiger partial charge in [0.2, 0.25) is 0 Å². The quantitative estimate of drug-likeness (QED) is 0.371. The lowest BCUT2D eigenvalue weighted by Crippen LogP contribution is -2.44. The van der Waals surface area contributed by atoms with Crippen LogP contribution in [0, 0.1) is 17.5 Å². The first-order chi connectivity index (χ1) is 14.7. The fourth-order valence-corrected chi connectivity index (χ4v) is 4.46. The SMILES string of the molecule is CC[C@@]1(O)C(=O)OCc2c1cc1n(c2=O)Cc2c-1nc1cc(F)c(F)c(F)c1c2CN. The maximum absolute atomic E-state index is 14.6. The highest BCUT2D eigenvalue weighted by Gasteiger charge is 2.45. The van der Waals surface area contributed by atoms with Gasteiger partial charge in [0.15, 0.2) is 23.1 Å². The highest BCUT2D eigenvalue weighted by atomic mass is 19.2. The maximum Gasteiger partial charge on any atom is 0.343 e. The Bertz CT molecular complexity index is 1390. The molecule has 7 nitrogen and oxygen atoms in total. The second kappa shape index (κ2) is 6.38. The number of nitrogens with zero attached hydrogens (tertiary/aromatic N) is 2. The van der Waals surface area contributed by atoms with E-state index in [0.717, 1.165) is 6.07 Å². The number of carbonyl (C=O) groups is 1. The lowest BCUT2D eigenvalue weighted by Gasteiger charge is -2.31. The number of ether oxygens (including phenoxy) is 1. The molecule has 2 aliphatic rings. The number of halogens is 3. The first-order valence-electron chi connectivity index (χ1n) is 9.59. The molecule has 1 aromatic carbocycles. The molecule has 31 heavy (non-hydrogen) atoms. The third-order valence-corrected chi connectivity index (χ3v) is 6.13. The molecule has 0 radical (unpaired) electrons. The van der Waals surface area contributed by atoms with E-state index in [1.165, 1.54) is 10.6 Å². The van der Waals surface area contributed by atoms with Crippen molar-refractivity contribution < 1.29 is 27.8 Å². The molecule has 10 heteroatoms. The van der Waals surface area contributed by atoms with Crippen LogP contribution in [0.5, 0.6) is 0 Å². The minimum absolute atomic E-state index is 0.0243. The van der Waals surface area contributed by atoms with Crippen molar-refractivity contribution in [3.8, 4) is 11.4 Å². The van der Waals surface area contributed by atoms with Crippen molar-refractivity contribution in [2.45, 2.75) is 38.6 Å². The van der Waals surface area contributed by atoms with Crippen molar-refractivity contribution in [2.24, 2.45) is 5.73 Å². The second-order valence-electron chi connectivity index (χ2n) is 7.61. The second-order valence-corrected chi connectivity index (χ2v) is 7.61. The van der Waals surface area contributed by atoms with E-state index < -0.39 is 34.6 Å². The van der Waals surface area contributed by atoms with E-state index in [0.29, 0.717) is 5.56 Å². The standard InChI is InChI=1S/C21H16F3N3O4/c1-2-21(30)11-3-14-18-9(6-27(14)19(28)10(11)7-31-20(21)29)8(5-25)15-13(26-18)4-12(22)16(23)17(15)24/h3-4,30H,2,5-7,25H2,1H3/t21-/m0/s1. The monoisotopic (exact) mass is 431 g/mol. The summed E-state index contributed by atoms with van der Waals surface area (Å²) in [4.78, 5) is 29.7. The number of hydrogen-bond acceptors (Lipinski definition) is 6. The highest BCUT2D eigenvalue weighted by Crippen LogP contribution is 2.40. The van der Waals surface area contributed by atoms with Gasteiger partial charge in [-0.1, -0.05) is 6.92 Å². The molecule has 2 aromatic heterocycles. The summed E-state index contributed by atoms with van der Waals surface area (Å²) in [6.07, 6.45) is -0.0243. The van der Waals surface area contributed by atoms with Crippen LogP contribution in [-0.2, 0) is 34.8 Å². The van der Waals surface area contributed by atoms with E-state index in [1.54, 1.807) is 6.92 Å². The van der Waals surface area contributed by atoms with Crippen molar-refractivity contribution >= 4 is 16.9 Å². The van der Waals surface area contributed by atoms with Gasteiger partial charge in [0, 0.05) is 29.1 Å². The lowest BCUT2D eigenvalue weighted by molar-refractivity contribution is -0.172. The first kappa shape index (κ1) is 19.7. The van der Waals surface area contributed by atoms with E-state index in [2.05, 4.69) is 4.98 Å². The topological polar surface area (TPSA) is 107 Å². The molecule has 2 aliphatic heterocycles. The summed E-state index contributed by atoms with van der Waals surface area (Å²) in [6, 6.07) is 2.24. The summed E-state index contributed by atoms with van der Waals surface area (Å²) in [7, 11) is 0. The average molecular weight is 431 g/mol. The number of esters is 1. The number of nitrogens with two attached hydrogens (primary N) is 1. The molecule has 160 valence electrons. The third kappa shape index (κ3) is 2.40. The molecule has 4 heterocycles.